The van der Waals surface area contributed by atoms with Crippen molar-refractivity contribution < 1.29 is 24.4 Å². The van der Waals surface area contributed by atoms with Crippen LogP contribution in [0.4, 0.5) is 0 Å². The van der Waals surface area contributed by atoms with Gasteiger partial charge in [0, 0.05) is 0 Å². The van der Waals surface area contributed by atoms with Crippen molar-refractivity contribution in [2.75, 3.05) is 13.2 Å². The Bertz CT molecular complexity index is 716. The number of hydrogen-bond donors (Lipinski definition) is 2. The summed E-state index contributed by atoms with van der Waals surface area (Å²) in [4.78, 5) is 0. The molecule has 1 saturated heterocycles. The Hall–Kier alpha value is -0.861. The van der Waals surface area contributed by atoms with Crippen LogP contribution in [0.1, 0.15) is 77.6 Å². The average molecular weight is 609 g/mol. The van der Waals surface area contributed by atoms with E-state index in [4.69, 9.17) is 19.3 Å². The molecule has 204 valence electrons. The number of aliphatic hydroxyl groups is 2. The summed E-state index contributed by atoms with van der Waals surface area (Å²) < 4.78 is 24.2. The molecule has 0 bridgehead atoms. The molecule has 1 unspecified atom stereocenters. The Kier molecular flexibility index (Phi) is 16.0. The van der Waals surface area contributed by atoms with Gasteiger partial charge in [-0.05, 0) is 0 Å². The summed E-state index contributed by atoms with van der Waals surface area (Å²) in [6.45, 7) is 7.12. The monoisotopic (exact) mass is 610 g/mol. The van der Waals surface area contributed by atoms with E-state index >= 15 is 0 Å². The van der Waals surface area contributed by atoms with Gasteiger partial charge in [0.2, 0.25) is 0 Å². The van der Waals surface area contributed by atoms with Crippen LogP contribution in [0.15, 0.2) is 54.8 Å². The molecule has 0 saturated carbocycles. The first kappa shape index (κ1) is 31.4. The molecule has 0 radical (unpaired) electrons. The molecule has 1 heterocycles. The van der Waals surface area contributed by atoms with E-state index in [0.29, 0.717) is 13.0 Å². The van der Waals surface area contributed by atoms with Crippen molar-refractivity contribution in [2.45, 2.75) is 108 Å². The van der Waals surface area contributed by atoms with Crippen molar-refractivity contribution in [3.05, 3.63) is 60.4 Å². The van der Waals surface area contributed by atoms with E-state index in [1.807, 2.05) is 48.7 Å². The molecule has 6 heteroatoms. The summed E-state index contributed by atoms with van der Waals surface area (Å²) >= 11 is -2.23. The Labute approximate surface area is 223 Å². The quantitative estimate of drug-likeness (QED) is 0.105. The predicted molar refractivity (Wildman–Crippen MR) is 151 cm³/mol. The van der Waals surface area contributed by atoms with E-state index < -0.39 is 30.8 Å². The van der Waals surface area contributed by atoms with Crippen LogP contribution >= 0.6 is 0 Å². The van der Waals surface area contributed by atoms with Crippen LogP contribution in [0.2, 0.25) is 17.7 Å². The standard InChI is InChI=1S/C18H23O5.3C4H9.Sn/c1-2-11-21-17-13-22-18(14-7-4-3-5-8-14)23-16(17)10-6-9-15(20)12-19;3*1-3-4-2;/h2-8,10-11,15-20H,1,9,12-13H2;3*1,3-4H2,2H3;/b10-6-,11-2-;;;;/t15?,16-,17+,18+;;;;/m0..../s1. The maximum atomic E-state index is 9.71. The van der Waals surface area contributed by atoms with E-state index in [1.54, 1.807) is 0 Å². The molecule has 1 aromatic rings. The zero-order valence-electron chi connectivity index (χ0n) is 22.8. The molecule has 1 aromatic carbocycles. The predicted octanol–water partition coefficient (Wildman–Crippen LogP) is 7.15. The number of allylic oxidation sites excluding steroid dienone is 1. The van der Waals surface area contributed by atoms with Crippen molar-refractivity contribution >= 4 is 18.4 Å². The van der Waals surface area contributed by atoms with Crippen molar-refractivity contribution in [3.8, 4) is 0 Å². The first-order valence-electron chi connectivity index (χ1n) is 14.2. The van der Waals surface area contributed by atoms with Gasteiger partial charge in [0.25, 0.3) is 0 Å². The summed E-state index contributed by atoms with van der Waals surface area (Å²) in [5, 5.41) is 18.8. The molecule has 1 aliphatic heterocycles. The molecular formula is C30H50O5Sn. The molecule has 1 aliphatic rings. The summed E-state index contributed by atoms with van der Waals surface area (Å²) in [5.74, 6) is 0. The molecule has 36 heavy (non-hydrogen) atoms. The van der Waals surface area contributed by atoms with E-state index in [1.165, 1.54) is 56.3 Å². The number of rotatable bonds is 18. The molecular weight excluding hydrogens is 559 g/mol. The minimum absolute atomic E-state index is 0.254. The van der Waals surface area contributed by atoms with Crippen LogP contribution in [0, 0.1) is 0 Å². The molecule has 2 rings (SSSR count). The summed E-state index contributed by atoms with van der Waals surface area (Å²) in [6, 6.07) is 9.92. The van der Waals surface area contributed by atoms with Gasteiger partial charge >= 0.3 is 224 Å². The van der Waals surface area contributed by atoms with Gasteiger partial charge in [-0.2, -0.15) is 0 Å². The summed E-state index contributed by atoms with van der Waals surface area (Å²) in [6.07, 6.45) is 14.6. The fraction of sp³-hybridized carbons (Fsp3) is 0.667. The van der Waals surface area contributed by atoms with E-state index in [9.17, 15) is 5.11 Å². The fourth-order valence-corrected chi connectivity index (χ4v) is 19.9. The zero-order chi connectivity index (χ0) is 26.1. The first-order chi connectivity index (χ1) is 17.6. The second kappa shape index (κ2) is 18.4. The van der Waals surface area contributed by atoms with Gasteiger partial charge in [-0.15, -0.1) is 0 Å². The Balaban J connectivity index is 2.06. The van der Waals surface area contributed by atoms with Crippen molar-refractivity contribution in [2.24, 2.45) is 0 Å². The van der Waals surface area contributed by atoms with Crippen molar-refractivity contribution in [1.29, 1.82) is 0 Å². The Morgan fingerprint density at radius 3 is 2.22 bits per heavy atom. The molecule has 1 fully saturated rings. The Morgan fingerprint density at radius 1 is 1.00 bits per heavy atom. The van der Waals surface area contributed by atoms with Crippen molar-refractivity contribution in [3.63, 3.8) is 0 Å². The first-order valence-corrected chi connectivity index (χ1v) is 22.2. The summed E-state index contributed by atoms with van der Waals surface area (Å²) in [7, 11) is 0. The van der Waals surface area contributed by atoms with Crippen LogP contribution in [-0.4, -0.2) is 60.1 Å². The van der Waals surface area contributed by atoms with Crippen LogP contribution in [0.3, 0.4) is 0 Å². The third kappa shape index (κ3) is 11.3. The van der Waals surface area contributed by atoms with E-state index in [2.05, 4.69) is 26.8 Å². The van der Waals surface area contributed by atoms with Gasteiger partial charge in [0.1, 0.15) is 0 Å². The van der Waals surface area contributed by atoms with Gasteiger partial charge in [0.15, 0.2) is 0 Å². The third-order valence-electron chi connectivity index (χ3n) is 7.16. The molecule has 0 aromatic heterocycles. The minimum atomic E-state index is -2.23. The molecule has 0 aliphatic carbocycles. The number of ether oxygens (including phenoxy) is 3. The van der Waals surface area contributed by atoms with Crippen LogP contribution in [0.25, 0.3) is 0 Å². The zero-order valence-corrected chi connectivity index (χ0v) is 25.7. The molecule has 5 nitrogen and oxygen atoms in total. The third-order valence-corrected chi connectivity index (χ3v) is 22.4. The molecule has 4 atom stereocenters. The molecule has 2 N–H and O–H groups in total. The van der Waals surface area contributed by atoms with Gasteiger partial charge in [0.05, 0.1) is 0 Å². The van der Waals surface area contributed by atoms with Crippen molar-refractivity contribution in [1.82, 2.24) is 0 Å². The normalized spacial score (nSPS) is 21.9. The van der Waals surface area contributed by atoms with E-state index in [0.717, 1.165) is 5.56 Å². The molecule has 0 spiro atoms. The average Bonchev–Trinajstić information content (AvgIpc) is 2.92. The second-order valence-electron chi connectivity index (χ2n) is 10.2. The van der Waals surface area contributed by atoms with Gasteiger partial charge in [-0.3, -0.25) is 0 Å². The Morgan fingerprint density at radius 2 is 1.64 bits per heavy atom. The fourth-order valence-electron chi connectivity index (χ4n) is 4.85. The van der Waals surface area contributed by atoms with Crippen LogP contribution in [-0.2, 0) is 14.2 Å². The summed E-state index contributed by atoms with van der Waals surface area (Å²) in [5.41, 5.74) is 0.974. The van der Waals surface area contributed by atoms with Crippen LogP contribution in [0.5, 0.6) is 0 Å². The molecule has 0 amide bonds. The van der Waals surface area contributed by atoms with E-state index in [-0.39, 0.29) is 18.8 Å². The van der Waals surface area contributed by atoms with Crippen LogP contribution < -0.4 is 0 Å². The van der Waals surface area contributed by atoms with Gasteiger partial charge in [-0.1, -0.05) is 0 Å². The SMILES string of the molecule is CCC[CH2][Sn]([CH2]/C=C\O[C@@H]1CO[C@@H](c2ccccc2)O[C@H]1/C=C\CC(O)CO)([CH2]CCC)[CH2]CCC. The second-order valence-corrected chi connectivity index (χ2v) is 24.2. The maximum absolute atomic E-state index is 9.71. The topological polar surface area (TPSA) is 68.2 Å². The van der Waals surface area contributed by atoms with Gasteiger partial charge in [-0.25, -0.2) is 0 Å². The number of unbranched alkanes of at least 4 members (excludes halogenated alkanes) is 3. The van der Waals surface area contributed by atoms with Gasteiger partial charge < -0.3 is 0 Å². The number of hydrogen-bond acceptors (Lipinski definition) is 5. The number of aliphatic hydroxyl groups excluding tert-OH is 2. The number of benzene rings is 1.